The van der Waals surface area contributed by atoms with E-state index in [9.17, 15) is 4.79 Å². The number of benzene rings is 1. The number of nitrogens with one attached hydrogen (secondary N) is 2. The van der Waals surface area contributed by atoms with E-state index in [2.05, 4.69) is 15.5 Å². The van der Waals surface area contributed by atoms with Crippen LogP contribution in [-0.2, 0) is 11.3 Å². The van der Waals surface area contributed by atoms with Crippen molar-refractivity contribution in [1.29, 1.82) is 0 Å². The van der Waals surface area contributed by atoms with E-state index in [1.54, 1.807) is 7.11 Å². The lowest BCUT2D eigenvalue weighted by Gasteiger charge is -2.16. The highest BCUT2D eigenvalue weighted by atomic mass is 35.5. The van der Waals surface area contributed by atoms with Gasteiger partial charge in [-0.1, -0.05) is 12.1 Å². The maximum Gasteiger partial charge on any atom is 0.234 e. The Morgan fingerprint density at radius 3 is 2.77 bits per heavy atom. The Labute approximate surface area is 137 Å². The quantitative estimate of drug-likeness (QED) is 0.844. The van der Waals surface area contributed by atoms with Crippen LogP contribution in [0, 0.1) is 11.8 Å². The Hall–Kier alpha value is -1.30. The van der Waals surface area contributed by atoms with Gasteiger partial charge in [-0.3, -0.25) is 9.69 Å². The van der Waals surface area contributed by atoms with Gasteiger partial charge in [-0.25, -0.2) is 0 Å². The zero-order chi connectivity index (χ0) is 14.7. The van der Waals surface area contributed by atoms with E-state index < -0.39 is 0 Å². The lowest BCUT2D eigenvalue weighted by Crippen LogP contribution is -2.37. The first-order valence-corrected chi connectivity index (χ1v) is 7.57. The van der Waals surface area contributed by atoms with E-state index in [1.807, 2.05) is 24.3 Å². The molecular formula is C16H24ClN3O2. The molecule has 2 atom stereocenters. The highest BCUT2D eigenvalue weighted by Gasteiger charge is 2.36. The summed E-state index contributed by atoms with van der Waals surface area (Å²) in [5, 5.41) is 6.41. The molecule has 2 aliphatic rings. The van der Waals surface area contributed by atoms with Crippen LogP contribution in [0.1, 0.15) is 5.56 Å². The van der Waals surface area contributed by atoms with E-state index in [1.165, 1.54) is 0 Å². The molecule has 0 spiro atoms. The number of likely N-dealkylation sites (tertiary alicyclic amines) is 1. The fourth-order valence-corrected chi connectivity index (χ4v) is 3.32. The van der Waals surface area contributed by atoms with Gasteiger partial charge in [0.25, 0.3) is 0 Å². The van der Waals surface area contributed by atoms with Crippen LogP contribution in [0.25, 0.3) is 0 Å². The topological polar surface area (TPSA) is 53.6 Å². The summed E-state index contributed by atoms with van der Waals surface area (Å²) >= 11 is 0. The number of ether oxygens (including phenoxy) is 1. The smallest absolute Gasteiger partial charge is 0.234 e. The third-order valence-corrected chi connectivity index (χ3v) is 4.46. The molecule has 2 aliphatic heterocycles. The molecule has 2 heterocycles. The molecule has 2 fully saturated rings. The van der Waals surface area contributed by atoms with Crippen LogP contribution in [0.15, 0.2) is 24.3 Å². The molecule has 0 bridgehead atoms. The second-order valence-corrected chi connectivity index (χ2v) is 6.00. The molecule has 1 aromatic carbocycles. The number of nitrogens with zero attached hydrogens (tertiary/aromatic N) is 1. The highest BCUT2D eigenvalue weighted by molar-refractivity contribution is 5.85. The Bertz CT molecular complexity index is 500. The van der Waals surface area contributed by atoms with Crippen LogP contribution in [0.3, 0.4) is 0 Å². The molecule has 2 saturated heterocycles. The summed E-state index contributed by atoms with van der Waals surface area (Å²) in [4.78, 5) is 14.3. The summed E-state index contributed by atoms with van der Waals surface area (Å²) in [5.74, 6) is 2.39. The number of fused-ring (bicyclic) bond motifs is 1. The molecule has 122 valence electrons. The molecule has 1 aromatic rings. The van der Waals surface area contributed by atoms with Crippen molar-refractivity contribution in [2.75, 3.05) is 39.8 Å². The first kappa shape index (κ1) is 17.1. The predicted octanol–water partition coefficient (Wildman–Crippen LogP) is 0.884. The monoisotopic (exact) mass is 325 g/mol. The summed E-state index contributed by atoms with van der Waals surface area (Å²) in [6.07, 6.45) is 0. The minimum absolute atomic E-state index is 0. The van der Waals surface area contributed by atoms with Crippen molar-refractivity contribution in [3.63, 3.8) is 0 Å². The summed E-state index contributed by atoms with van der Waals surface area (Å²) in [6, 6.07) is 7.79. The molecule has 0 unspecified atom stereocenters. The van der Waals surface area contributed by atoms with Gasteiger partial charge in [0.15, 0.2) is 0 Å². The highest BCUT2D eigenvalue weighted by Crippen LogP contribution is 2.25. The van der Waals surface area contributed by atoms with Gasteiger partial charge in [-0.05, 0) is 42.6 Å². The minimum atomic E-state index is 0. The Kier molecular flexibility index (Phi) is 6.06. The van der Waals surface area contributed by atoms with E-state index in [0.29, 0.717) is 13.1 Å². The fraction of sp³-hybridized carbons (Fsp3) is 0.562. The fourth-order valence-electron chi connectivity index (χ4n) is 3.32. The van der Waals surface area contributed by atoms with E-state index in [-0.39, 0.29) is 18.3 Å². The van der Waals surface area contributed by atoms with Crippen LogP contribution in [0.5, 0.6) is 5.75 Å². The van der Waals surface area contributed by atoms with Gasteiger partial charge in [0.2, 0.25) is 5.91 Å². The molecule has 3 rings (SSSR count). The predicted molar refractivity (Wildman–Crippen MR) is 88.4 cm³/mol. The van der Waals surface area contributed by atoms with Crippen LogP contribution in [0.2, 0.25) is 0 Å². The average Bonchev–Trinajstić information content (AvgIpc) is 3.06. The van der Waals surface area contributed by atoms with Crippen molar-refractivity contribution >= 4 is 18.3 Å². The number of carbonyl (C=O) groups is 1. The number of methoxy groups -OCH3 is 1. The summed E-state index contributed by atoms with van der Waals surface area (Å²) in [7, 11) is 1.65. The first-order chi connectivity index (χ1) is 10.2. The number of hydrogen-bond acceptors (Lipinski definition) is 4. The molecule has 5 nitrogen and oxygen atoms in total. The average molecular weight is 326 g/mol. The van der Waals surface area contributed by atoms with Crippen LogP contribution >= 0.6 is 12.4 Å². The van der Waals surface area contributed by atoms with Gasteiger partial charge >= 0.3 is 0 Å². The van der Waals surface area contributed by atoms with E-state index >= 15 is 0 Å². The molecule has 2 N–H and O–H groups in total. The summed E-state index contributed by atoms with van der Waals surface area (Å²) in [6.45, 7) is 5.36. The maximum atomic E-state index is 12.0. The Balaban J connectivity index is 0.00000176. The van der Waals surface area contributed by atoms with Crippen molar-refractivity contribution in [3.8, 4) is 5.75 Å². The van der Waals surface area contributed by atoms with E-state index in [4.69, 9.17) is 4.74 Å². The van der Waals surface area contributed by atoms with Gasteiger partial charge in [0.1, 0.15) is 5.75 Å². The Morgan fingerprint density at radius 1 is 1.36 bits per heavy atom. The Morgan fingerprint density at radius 2 is 2.09 bits per heavy atom. The third kappa shape index (κ3) is 4.12. The van der Waals surface area contributed by atoms with Gasteiger partial charge in [0.05, 0.1) is 13.7 Å². The summed E-state index contributed by atoms with van der Waals surface area (Å²) in [5.41, 5.74) is 1.06. The van der Waals surface area contributed by atoms with Crippen LogP contribution in [-0.4, -0.2) is 50.6 Å². The second kappa shape index (κ2) is 7.81. The van der Waals surface area contributed by atoms with Gasteiger partial charge in [0, 0.05) is 19.6 Å². The molecule has 0 saturated carbocycles. The number of amides is 1. The van der Waals surface area contributed by atoms with Gasteiger partial charge < -0.3 is 15.4 Å². The molecular weight excluding hydrogens is 302 g/mol. The molecule has 0 aromatic heterocycles. The number of halogens is 1. The lowest BCUT2D eigenvalue weighted by molar-refractivity contribution is -0.122. The lowest BCUT2D eigenvalue weighted by atomic mass is 10.0. The van der Waals surface area contributed by atoms with Gasteiger partial charge in [-0.15, -0.1) is 12.4 Å². The molecule has 0 aliphatic carbocycles. The standard InChI is InChI=1S/C16H23N3O2.ClH/c1-21-15-4-2-3-12(5-15)6-18-16(20)11-19-9-13-7-17-8-14(13)10-19;/h2-5,13-14,17H,6-11H2,1H3,(H,18,20);1H/t13-,14+;. The first-order valence-electron chi connectivity index (χ1n) is 7.57. The zero-order valence-corrected chi connectivity index (χ0v) is 13.7. The number of rotatable bonds is 5. The molecule has 6 heteroatoms. The zero-order valence-electron chi connectivity index (χ0n) is 12.9. The second-order valence-electron chi connectivity index (χ2n) is 6.00. The van der Waals surface area contributed by atoms with Crippen molar-refractivity contribution in [2.45, 2.75) is 6.54 Å². The molecule has 0 radical (unpaired) electrons. The molecule has 22 heavy (non-hydrogen) atoms. The molecule has 1 amide bonds. The minimum Gasteiger partial charge on any atom is -0.497 e. The van der Waals surface area contributed by atoms with Crippen LogP contribution < -0.4 is 15.4 Å². The SMILES string of the molecule is COc1cccc(CNC(=O)CN2C[C@H]3CNC[C@H]3C2)c1.Cl. The van der Waals surface area contributed by atoms with Crippen LogP contribution in [0.4, 0.5) is 0 Å². The van der Waals surface area contributed by atoms with E-state index in [0.717, 1.165) is 49.3 Å². The van der Waals surface area contributed by atoms with Crippen molar-refractivity contribution in [1.82, 2.24) is 15.5 Å². The maximum absolute atomic E-state index is 12.0. The third-order valence-electron chi connectivity index (χ3n) is 4.46. The largest absolute Gasteiger partial charge is 0.497 e. The van der Waals surface area contributed by atoms with Crippen molar-refractivity contribution in [3.05, 3.63) is 29.8 Å². The normalized spacial score (nSPS) is 23.7. The van der Waals surface area contributed by atoms with Gasteiger partial charge in [-0.2, -0.15) is 0 Å². The number of hydrogen-bond donors (Lipinski definition) is 2. The summed E-state index contributed by atoms with van der Waals surface area (Å²) < 4.78 is 5.18. The number of carbonyl (C=O) groups excluding carboxylic acids is 1. The van der Waals surface area contributed by atoms with Crippen molar-refractivity contribution in [2.24, 2.45) is 11.8 Å². The van der Waals surface area contributed by atoms with Crippen molar-refractivity contribution < 1.29 is 9.53 Å².